The minimum atomic E-state index is -0.195. The molecule has 2 saturated heterocycles. The third-order valence-electron chi connectivity index (χ3n) is 5.54. The number of carbonyl (C=O) groups is 1. The summed E-state index contributed by atoms with van der Waals surface area (Å²) < 4.78 is 5.32. The van der Waals surface area contributed by atoms with Gasteiger partial charge in [0.1, 0.15) is 5.76 Å². The summed E-state index contributed by atoms with van der Waals surface area (Å²) >= 11 is 0. The van der Waals surface area contributed by atoms with Crippen LogP contribution in [0.4, 0.5) is 0 Å². The topological polar surface area (TPSA) is 49.6 Å². The zero-order valence-electron chi connectivity index (χ0n) is 15.0. The fraction of sp³-hybridized carbons (Fsp3) is 0.429. The van der Waals surface area contributed by atoms with Crippen molar-refractivity contribution < 1.29 is 9.21 Å². The molecule has 136 valence electrons. The van der Waals surface area contributed by atoms with Gasteiger partial charge in [0.15, 0.2) is 0 Å². The molecule has 0 saturated carbocycles. The molecule has 26 heavy (non-hydrogen) atoms. The molecule has 1 atom stereocenters. The third kappa shape index (κ3) is 3.58. The van der Waals surface area contributed by atoms with E-state index in [1.165, 1.54) is 0 Å². The second kappa shape index (κ2) is 7.46. The summed E-state index contributed by atoms with van der Waals surface area (Å²) in [5, 5.41) is 0. The molecule has 5 heteroatoms. The van der Waals surface area contributed by atoms with Crippen LogP contribution in [0.25, 0.3) is 6.08 Å². The van der Waals surface area contributed by atoms with Gasteiger partial charge < -0.3 is 9.32 Å². The Labute approximate surface area is 154 Å². The van der Waals surface area contributed by atoms with E-state index in [1.54, 1.807) is 12.5 Å². The van der Waals surface area contributed by atoms with E-state index < -0.39 is 0 Å². The van der Waals surface area contributed by atoms with Gasteiger partial charge in [-0.25, -0.2) is 0 Å². The minimum Gasteiger partial charge on any atom is -0.465 e. The highest BCUT2D eigenvalue weighted by molar-refractivity contribution is 5.84. The summed E-state index contributed by atoms with van der Waals surface area (Å²) in [6, 6.07) is 7.81. The van der Waals surface area contributed by atoms with Crippen LogP contribution >= 0.6 is 0 Å². The van der Waals surface area contributed by atoms with Crippen molar-refractivity contribution in [2.75, 3.05) is 26.2 Å². The van der Waals surface area contributed by atoms with E-state index in [0.717, 1.165) is 56.8 Å². The molecule has 1 amide bonds. The van der Waals surface area contributed by atoms with E-state index in [9.17, 15) is 4.79 Å². The van der Waals surface area contributed by atoms with Gasteiger partial charge in [-0.3, -0.25) is 14.7 Å². The normalized spacial score (nSPS) is 24.2. The van der Waals surface area contributed by atoms with Crippen LogP contribution in [0.2, 0.25) is 0 Å². The van der Waals surface area contributed by atoms with Gasteiger partial charge >= 0.3 is 0 Å². The van der Waals surface area contributed by atoms with Crippen molar-refractivity contribution in [3.8, 4) is 0 Å². The lowest BCUT2D eigenvalue weighted by atomic mass is 9.78. The molecule has 4 rings (SSSR count). The van der Waals surface area contributed by atoms with Gasteiger partial charge in [0.25, 0.3) is 0 Å². The Morgan fingerprint density at radius 3 is 3.00 bits per heavy atom. The molecule has 2 aromatic heterocycles. The van der Waals surface area contributed by atoms with E-state index in [-0.39, 0.29) is 5.41 Å². The average Bonchev–Trinajstić information content (AvgIpc) is 3.31. The van der Waals surface area contributed by atoms with Crippen molar-refractivity contribution in [1.29, 1.82) is 0 Å². The van der Waals surface area contributed by atoms with Crippen LogP contribution in [0.3, 0.4) is 0 Å². The van der Waals surface area contributed by atoms with Crippen LogP contribution in [0, 0.1) is 5.41 Å². The highest BCUT2D eigenvalue weighted by Crippen LogP contribution is 2.40. The van der Waals surface area contributed by atoms with Gasteiger partial charge in [-0.1, -0.05) is 12.1 Å². The summed E-state index contributed by atoms with van der Waals surface area (Å²) in [6.45, 7) is 4.23. The first-order valence-corrected chi connectivity index (χ1v) is 9.36. The van der Waals surface area contributed by atoms with Gasteiger partial charge in [-0.15, -0.1) is 0 Å². The largest absolute Gasteiger partial charge is 0.465 e. The van der Waals surface area contributed by atoms with Crippen molar-refractivity contribution >= 4 is 12.0 Å². The zero-order chi connectivity index (χ0) is 17.8. The van der Waals surface area contributed by atoms with Crippen molar-refractivity contribution in [1.82, 2.24) is 14.8 Å². The van der Waals surface area contributed by atoms with Crippen molar-refractivity contribution in [2.45, 2.75) is 25.8 Å². The first-order chi connectivity index (χ1) is 12.8. The number of amides is 1. The molecule has 2 aromatic rings. The van der Waals surface area contributed by atoms with Crippen LogP contribution < -0.4 is 0 Å². The number of hydrogen-bond donors (Lipinski definition) is 0. The monoisotopic (exact) mass is 351 g/mol. The van der Waals surface area contributed by atoms with Crippen LogP contribution in [-0.2, 0) is 11.3 Å². The highest BCUT2D eigenvalue weighted by atomic mass is 16.3. The maximum Gasteiger partial charge on any atom is 0.230 e. The Morgan fingerprint density at radius 1 is 1.23 bits per heavy atom. The number of furan rings is 1. The maximum absolute atomic E-state index is 13.2. The molecule has 0 aromatic carbocycles. The van der Waals surface area contributed by atoms with E-state index in [2.05, 4.69) is 16.0 Å². The first kappa shape index (κ1) is 17.0. The highest BCUT2D eigenvalue weighted by Gasteiger charge is 2.47. The summed E-state index contributed by atoms with van der Waals surface area (Å²) in [5.41, 5.74) is 0.910. The number of hydrogen-bond acceptors (Lipinski definition) is 4. The zero-order valence-corrected chi connectivity index (χ0v) is 15.0. The molecule has 0 bridgehead atoms. The molecule has 1 spiro atoms. The van der Waals surface area contributed by atoms with E-state index in [0.29, 0.717) is 12.5 Å². The van der Waals surface area contributed by atoms with Crippen molar-refractivity contribution in [2.24, 2.45) is 5.41 Å². The predicted octanol–water partition coefficient (Wildman–Crippen LogP) is 3.20. The number of piperidine rings is 1. The molecule has 4 heterocycles. The molecule has 5 nitrogen and oxygen atoms in total. The van der Waals surface area contributed by atoms with Gasteiger partial charge in [-0.2, -0.15) is 0 Å². The van der Waals surface area contributed by atoms with Crippen molar-refractivity contribution in [3.05, 3.63) is 60.3 Å². The minimum absolute atomic E-state index is 0.195. The van der Waals surface area contributed by atoms with E-state index in [1.807, 2.05) is 41.4 Å². The van der Waals surface area contributed by atoms with E-state index >= 15 is 0 Å². The molecule has 0 radical (unpaired) electrons. The Hall–Kier alpha value is -2.40. The fourth-order valence-electron chi connectivity index (χ4n) is 4.21. The van der Waals surface area contributed by atoms with Crippen molar-refractivity contribution in [3.63, 3.8) is 0 Å². The van der Waals surface area contributed by atoms with Gasteiger partial charge in [0.2, 0.25) is 5.91 Å². The van der Waals surface area contributed by atoms with Gasteiger partial charge in [0, 0.05) is 38.6 Å². The van der Waals surface area contributed by atoms with Gasteiger partial charge in [-0.05, 0) is 55.6 Å². The Balaban J connectivity index is 1.37. The SMILES string of the molecule is O=C1N(Cc2cccnc2)CCCC12CCN(C/C=C/c1ccco1)C2. The Morgan fingerprint density at radius 2 is 2.19 bits per heavy atom. The second-order valence-corrected chi connectivity index (χ2v) is 7.37. The molecule has 2 fully saturated rings. The number of pyridine rings is 1. The number of aromatic nitrogens is 1. The number of carbonyl (C=O) groups excluding carboxylic acids is 1. The maximum atomic E-state index is 13.2. The number of rotatable bonds is 5. The molecule has 1 unspecified atom stereocenters. The van der Waals surface area contributed by atoms with Crippen LogP contribution in [-0.4, -0.2) is 46.9 Å². The molecular formula is C21H25N3O2. The lowest BCUT2D eigenvalue weighted by molar-refractivity contribution is -0.146. The average molecular weight is 351 g/mol. The Bertz CT molecular complexity index is 757. The summed E-state index contributed by atoms with van der Waals surface area (Å²) in [4.78, 5) is 21.8. The summed E-state index contributed by atoms with van der Waals surface area (Å²) in [6.07, 6.45) is 12.5. The second-order valence-electron chi connectivity index (χ2n) is 7.37. The molecule has 0 N–H and O–H groups in total. The molecule has 2 aliphatic rings. The van der Waals surface area contributed by atoms with Gasteiger partial charge in [0.05, 0.1) is 11.7 Å². The third-order valence-corrected chi connectivity index (χ3v) is 5.54. The van der Waals surface area contributed by atoms with Crippen LogP contribution in [0.5, 0.6) is 0 Å². The molecule has 0 aliphatic carbocycles. The van der Waals surface area contributed by atoms with Crippen LogP contribution in [0.1, 0.15) is 30.6 Å². The first-order valence-electron chi connectivity index (χ1n) is 9.36. The molecule has 2 aliphatic heterocycles. The smallest absolute Gasteiger partial charge is 0.230 e. The lowest BCUT2D eigenvalue weighted by Crippen LogP contribution is -2.49. The number of nitrogens with zero attached hydrogens (tertiary/aromatic N) is 3. The lowest BCUT2D eigenvalue weighted by Gasteiger charge is -2.39. The van der Waals surface area contributed by atoms with Crippen LogP contribution in [0.15, 0.2) is 53.4 Å². The standard InChI is InChI=1S/C21H25N3O2/c25-20-21(8-4-12-24(20)16-18-5-1-10-22-15-18)9-13-23(17-21)11-2-6-19-7-3-14-26-19/h1-3,5-7,10,14-15H,4,8-9,11-13,16-17H2/b6-2+. The van der Waals surface area contributed by atoms with E-state index in [4.69, 9.17) is 4.42 Å². The number of likely N-dealkylation sites (tertiary alicyclic amines) is 2. The Kier molecular flexibility index (Phi) is 4.89. The quantitative estimate of drug-likeness (QED) is 0.830. The molecular weight excluding hydrogens is 326 g/mol. The predicted molar refractivity (Wildman–Crippen MR) is 100 cm³/mol. The fourth-order valence-corrected chi connectivity index (χ4v) is 4.21. The summed E-state index contributed by atoms with van der Waals surface area (Å²) in [5.74, 6) is 1.19. The summed E-state index contributed by atoms with van der Waals surface area (Å²) in [7, 11) is 0.